The number of piperidine rings is 1. The highest BCUT2D eigenvalue weighted by atomic mass is 35.5. The van der Waals surface area contributed by atoms with Gasteiger partial charge in [0, 0.05) is 36.4 Å². The molecule has 2 aliphatic rings. The number of Topliss-reactive ketones (excluding diaryl/α,β-unsaturated/α-hetero) is 1. The minimum atomic E-state index is -0.835. The largest absolute Gasteiger partial charge is 0.356 e. The van der Waals surface area contributed by atoms with Gasteiger partial charge in [-0.3, -0.25) is 19.2 Å². The number of benzene rings is 1. The minimum Gasteiger partial charge on any atom is -0.356 e. The van der Waals surface area contributed by atoms with Crippen LogP contribution in [0, 0.1) is 5.92 Å². The summed E-state index contributed by atoms with van der Waals surface area (Å²) in [5.74, 6) is -1.54. The Morgan fingerprint density at radius 2 is 2.00 bits per heavy atom. The van der Waals surface area contributed by atoms with E-state index in [-0.39, 0.29) is 36.3 Å². The Morgan fingerprint density at radius 3 is 2.82 bits per heavy atom. The summed E-state index contributed by atoms with van der Waals surface area (Å²) in [6.07, 6.45) is 2.52. The third-order valence-electron chi connectivity index (χ3n) is 6.31. The number of carbonyl (C=O) groups is 4. The van der Waals surface area contributed by atoms with Crippen molar-refractivity contribution in [3.8, 4) is 0 Å². The minimum absolute atomic E-state index is 0.127. The number of anilines is 1. The predicted octanol–water partition coefficient (Wildman–Crippen LogP) is 2.00. The zero-order chi connectivity index (χ0) is 23.8. The van der Waals surface area contributed by atoms with E-state index < -0.39 is 17.9 Å². The van der Waals surface area contributed by atoms with Gasteiger partial charge >= 0.3 is 0 Å². The van der Waals surface area contributed by atoms with E-state index in [0.717, 1.165) is 10.9 Å². The van der Waals surface area contributed by atoms with Gasteiger partial charge in [-0.05, 0) is 30.2 Å². The Labute approximate surface area is 199 Å². The molecule has 2 atom stereocenters. The van der Waals surface area contributed by atoms with Crippen LogP contribution < -0.4 is 15.5 Å². The summed E-state index contributed by atoms with van der Waals surface area (Å²) in [6, 6.07) is 9.79. The molecule has 2 aliphatic heterocycles. The van der Waals surface area contributed by atoms with Gasteiger partial charge in [-0.1, -0.05) is 29.8 Å². The number of halogens is 1. The molecule has 2 aromatic heterocycles. The van der Waals surface area contributed by atoms with Crippen LogP contribution >= 0.6 is 11.6 Å². The second-order valence-electron chi connectivity index (χ2n) is 8.57. The molecule has 1 saturated heterocycles. The van der Waals surface area contributed by atoms with Gasteiger partial charge in [-0.15, -0.1) is 0 Å². The molecule has 0 spiro atoms. The lowest BCUT2D eigenvalue weighted by Crippen LogP contribution is -2.54. The molecule has 3 amide bonds. The van der Waals surface area contributed by atoms with Gasteiger partial charge in [0.1, 0.15) is 16.9 Å². The molecule has 0 aliphatic carbocycles. The number of aromatic amines is 1. The number of aromatic nitrogens is 2. The number of hydrogen-bond donors (Lipinski definition) is 3. The van der Waals surface area contributed by atoms with Crippen LogP contribution in [0.3, 0.4) is 0 Å². The number of ketones is 1. The van der Waals surface area contributed by atoms with E-state index in [4.69, 9.17) is 11.6 Å². The van der Waals surface area contributed by atoms with Gasteiger partial charge < -0.3 is 20.5 Å². The molecule has 3 aromatic rings. The Kier molecular flexibility index (Phi) is 5.79. The lowest BCUT2D eigenvalue weighted by molar-refractivity contribution is -0.131. The molecule has 1 aromatic carbocycles. The first-order chi connectivity index (χ1) is 16.4. The van der Waals surface area contributed by atoms with E-state index in [2.05, 4.69) is 20.6 Å². The molecular weight excluding hydrogens is 458 g/mol. The third kappa shape index (κ3) is 4.26. The van der Waals surface area contributed by atoms with Gasteiger partial charge in [-0.2, -0.15) is 0 Å². The number of nitrogens with one attached hydrogen (secondary N) is 3. The fourth-order valence-electron chi connectivity index (χ4n) is 4.54. The smallest absolute Gasteiger partial charge is 0.268 e. The Morgan fingerprint density at radius 1 is 1.18 bits per heavy atom. The molecule has 2 unspecified atom stereocenters. The average Bonchev–Trinajstić information content (AvgIpc) is 3.25. The molecule has 3 N–H and O–H groups in total. The zero-order valence-electron chi connectivity index (χ0n) is 18.1. The van der Waals surface area contributed by atoms with Crippen molar-refractivity contribution >= 4 is 51.7 Å². The van der Waals surface area contributed by atoms with Crippen LogP contribution in [0.15, 0.2) is 42.6 Å². The van der Waals surface area contributed by atoms with Gasteiger partial charge in [0.25, 0.3) is 5.91 Å². The van der Waals surface area contributed by atoms with Crippen LogP contribution in [0.5, 0.6) is 0 Å². The average molecular weight is 480 g/mol. The van der Waals surface area contributed by atoms with Crippen molar-refractivity contribution in [2.75, 3.05) is 18.0 Å². The lowest BCUT2D eigenvalue weighted by Gasteiger charge is -2.35. The van der Waals surface area contributed by atoms with Crippen LogP contribution in [0.2, 0.25) is 5.15 Å². The SMILES string of the molecule is O=C1CC(C(=O)CN2C(=O)C(NC(=O)c3cc4cc(Cl)ncc4[nH]3)Cc3ccccc32)CCN1. The monoisotopic (exact) mass is 479 g/mol. The lowest BCUT2D eigenvalue weighted by atomic mass is 9.91. The van der Waals surface area contributed by atoms with Crippen molar-refractivity contribution in [1.82, 2.24) is 20.6 Å². The number of carbonyl (C=O) groups excluding carboxylic acids is 4. The molecule has 4 heterocycles. The van der Waals surface area contributed by atoms with Crippen molar-refractivity contribution in [1.29, 1.82) is 0 Å². The second kappa shape index (κ2) is 8.90. The first-order valence-electron chi connectivity index (χ1n) is 11.0. The third-order valence-corrected chi connectivity index (χ3v) is 6.52. The van der Waals surface area contributed by atoms with E-state index in [9.17, 15) is 19.2 Å². The fourth-order valence-corrected chi connectivity index (χ4v) is 4.71. The number of amides is 3. The van der Waals surface area contributed by atoms with Crippen molar-refractivity contribution in [3.05, 3.63) is 59.0 Å². The summed E-state index contributed by atoms with van der Waals surface area (Å²) in [5.41, 5.74) is 2.44. The van der Waals surface area contributed by atoms with E-state index in [1.54, 1.807) is 24.3 Å². The molecular formula is C24H22ClN5O4. The van der Waals surface area contributed by atoms with Crippen LogP contribution in [0.4, 0.5) is 5.69 Å². The van der Waals surface area contributed by atoms with Crippen molar-refractivity contribution < 1.29 is 19.2 Å². The first kappa shape index (κ1) is 22.1. The molecule has 0 radical (unpaired) electrons. The Bertz CT molecular complexity index is 1320. The highest BCUT2D eigenvalue weighted by Crippen LogP contribution is 2.29. The molecule has 1 fully saturated rings. The predicted molar refractivity (Wildman–Crippen MR) is 126 cm³/mol. The van der Waals surface area contributed by atoms with Crippen molar-refractivity contribution in [3.63, 3.8) is 0 Å². The maximum atomic E-state index is 13.4. The number of rotatable bonds is 5. The normalized spacial score (nSPS) is 20.1. The van der Waals surface area contributed by atoms with Crippen LogP contribution in [0.1, 0.15) is 28.9 Å². The van der Waals surface area contributed by atoms with Crippen molar-refractivity contribution in [2.24, 2.45) is 5.92 Å². The number of hydrogen-bond acceptors (Lipinski definition) is 5. The summed E-state index contributed by atoms with van der Waals surface area (Å²) >= 11 is 5.93. The maximum absolute atomic E-state index is 13.4. The molecule has 5 rings (SSSR count). The number of para-hydroxylation sites is 1. The summed E-state index contributed by atoms with van der Waals surface area (Å²) in [4.78, 5) is 59.4. The standard InChI is InChI=1S/C24H22ClN5O4/c25-21-9-15-8-16(28-18(15)11-27-21)23(33)29-17-7-13-3-1-2-4-19(13)30(24(17)34)12-20(31)14-5-6-26-22(32)10-14/h1-4,8-9,11,14,17,28H,5-7,10,12H2,(H,26,32)(H,29,33). The summed E-state index contributed by atoms with van der Waals surface area (Å²) < 4.78 is 0. The second-order valence-corrected chi connectivity index (χ2v) is 8.95. The van der Waals surface area contributed by atoms with Gasteiger partial charge in [-0.25, -0.2) is 4.98 Å². The Balaban J connectivity index is 1.37. The quantitative estimate of drug-likeness (QED) is 0.483. The molecule has 174 valence electrons. The zero-order valence-corrected chi connectivity index (χ0v) is 18.9. The number of fused-ring (bicyclic) bond motifs is 2. The van der Waals surface area contributed by atoms with E-state index in [1.165, 1.54) is 11.1 Å². The highest BCUT2D eigenvalue weighted by molar-refractivity contribution is 6.30. The van der Waals surface area contributed by atoms with Gasteiger partial charge in [0.15, 0.2) is 5.78 Å². The van der Waals surface area contributed by atoms with E-state index >= 15 is 0 Å². The first-order valence-corrected chi connectivity index (χ1v) is 11.4. The topological polar surface area (TPSA) is 124 Å². The summed E-state index contributed by atoms with van der Waals surface area (Å²) in [6.45, 7) is 0.306. The molecule has 0 saturated carbocycles. The summed E-state index contributed by atoms with van der Waals surface area (Å²) in [7, 11) is 0. The number of H-pyrrole nitrogens is 1. The maximum Gasteiger partial charge on any atom is 0.268 e. The molecule has 9 nitrogen and oxygen atoms in total. The van der Waals surface area contributed by atoms with Crippen LogP contribution in [-0.2, 0) is 20.8 Å². The number of nitrogens with zero attached hydrogens (tertiary/aromatic N) is 2. The number of pyridine rings is 1. The van der Waals surface area contributed by atoms with Crippen LogP contribution in [0.25, 0.3) is 10.9 Å². The fraction of sp³-hybridized carbons (Fsp3) is 0.292. The highest BCUT2D eigenvalue weighted by Gasteiger charge is 2.36. The molecule has 0 bridgehead atoms. The van der Waals surface area contributed by atoms with Crippen LogP contribution in [-0.4, -0.2) is 52.6 Å². The van der Waals surface area contributed by atoms with E-state index in [0.29, 0.717) is 35.7 Å². The molecule has 34 heavy (non-hydrogen) atoms. The Hall–Kier alpha value is -3.72. The van der Waals surface area contributed by atoms with Gasteiger partial charge in [0.05, 0.1) is 18.3 Å². The van der Waals surface area contributed by atoms with E-state index in [1.807, 2.05) is 12.1 Å². The summed E-state index contributed by atoms with van der Waals surface area (Å²) in [5, 5.41) is 6.56. The van der Waals surface area contributed by atoms with Gasteiger partial charge in [0.2, 0.25) is 11.8 Å². The van der Waals surface area contributed by atoms with Crippen molar-refractivity contribution in [2.45, 2.75) is 25.3 Å². The molecule has 10 heteroatoms.